The third kappa shape index (κ3) is 1.64. The molecular weight excluding hydrogens is 254 g/mol. The van der Waals surface area contributed by atoms with E-state index in [0.29, 0.717) is 0 Å². The van der Waals surface area contributed by atoms with Crippen LogP contribution in [-0.4, -0.2) is 17.5 Å². The molecule has 1 aliphatic heterocycles. The molecule has 1 fully saturated rings. The SMILES string of the molecule is CN1C2=CC=CCC2(C)C(C)(C)C(C)(C)C(C)(C)C1(C)C. The van der Waals surface area contributed by atoms with Gasteiger partial charge < -0.3 is 4.90 Å². The van der Waals surface area contributed by atoms with Gasteiger partial charge in [0.05, 0.1) is 0 Å². The van der Waals surface area contributed by atoms with Crippen LogP contribution in [0.25, 0.3) is 0 Å². The van der Waals surface area contributed by atoms with E-state index in [1.807, 2.05) is 0 Å². The molecule has 1 nitrogen and oxygen atoms in total. The van der Waals surface area contributed by atoms with Gasteiger partial charge in [0.2, 0.25) is 0 Å². The van der Waals surface area contributed by atoms with Crippen LogP contribution < -0.4 is 0 Å². The van der Waals surface area contributed by atoms with E-state index >= 15 is 0 Å². The van der Waals surface area contributed by atoms with Crippen LogP contribution in [0, 0.1) is 21.7 Å². The number of hydrogen-bond donors (Lipinski definition) is 0. The number of likely N-dealkylation sites (tertiary alicyclic amines) is 1. The lowest BCUT2D eigenvalue weighted by Gasteiger charge is -2.60. The number of hydrogen-bond acceptors (Lipinski definition) is 1. The van der Waals surface area contributed by atoms with Gasteiger partial charge in [0.1, 0.15) is 0 Å². The molecule has 0 saturated carbocycles. The maximum Gasteiger partial charge on any atom is 0.0396 e. The van der Waals surface area contributed by atoms with Crippen molar-refractivity contribution in [3.05, 3.63) is 23.9 Å². The average molecular weight is 290 g/mol. The highest BCUT2D eigenvalue weighted by molar-refractivity contribution is 5.33. The zero-order valence-electron chi connectivity index (χ0n) is 15.9. The standard InChI is InChI=1S/C20H35N/c1-16(2)17(3,4)19(7,8)21(10)15-13-11-12-14-20(15,9)18(16,5)6/h11-13H,14H2,1-10H3. The Morgan fingerprint density at radius 3 is 1.86 bits per heavy atom. The lowest BCUT2D eigenvalue weighted by Crippen LogP contribution is -2.58. The predicted octanol–water partition coefficient (Wildman–Crippen LogP) is 5.64. The first-order valence-electron chi connectivity index (χ1n) is 8.36. The summed E-state index contributed by atoms with van der Waals surface area (Å²) < 4.78 is 0. The molecule has 0 bridgehead atoms. The van der Waals surface area contributed by atoms with Crippen molar-refractivity contribution in [2.75, 3.05) is 7.05 Å². The van der Waals surface area contributed by atoms with Gasteiger partial charge in [-0.1, -0.05) is 60.6 Å². The van der Waals surface area contributed by atoms with Crippen molar-refractivity contribution in [2.24, 2.45) is 21.7 Å². The molecule has 1 heterocycles. The molecule has 0 aromatic rings. The zero-order chi connectivity index (χ0) is 16.5. The van der Waals surface area contributed by atoms with Gasteiger partial charge in [0, 0.05) is 23.7 Å². The Hall–Kier alpha value is -0.720. The topological polar surface area (TPSA) is 3.24 Å². The molecule has 1 aliphatic carbocycles. The number of fused-ring (bicyclic) bond motifs is 1. The molecule has 2 aliphatic rings. The first-order chi connectivity index (χ1) is 9.25. The fourth-order valence-electron chi connectivity index (χ4n) is 4.76. The van der Waals surface area contributed by atoms with Crippen LogP contribution in [-0.2, 0) is 0 Å². The summed E-state index contributed by atoms with van der Waals surface area (Å²) in [6.07, 6.45) is 8.07. The number of rotatable bonds is 0. The lowest BCUT2D eigenvalue weighted by molar-refractivity contribution is -0.104. The highest BCUT2D eigenvalue weighted by atomic mass is 15.2. The summed E-state index contributed by atoms with van der Waals surface area (Å²) in [6, 6.07) is 0. The van der Waals surface area contributed by atoms with Gasteiger partial charge >= 0.3 is 0 Å². The van der Waals surface area contributed by atoms with Gasteiger partial charge in [0.15, 0.2) is 0 Å². The van der Waals surface area contributed by atoms with Crippen molar-refractivity contribution in [3.8, 4) is 0 Å². The van der Waals surface area contributed by atoms with Crippen LogP contribution in [0.3, 0.4) is 0 Å². The van der Waals surface area contributed by atoms with Crippen molar-refractivity contribution in [3.63, 3.8) is 0 Å². The minimum Gasteiger partial charge on any atom is -0.372 e. The number of nitrogens with zero attached hydrogens (tertiary/aromatic N) is 1. The molecule has 2 rings (SSSR count). The normalized spacial score (nSPS) is 35.7. The summed E-state index contributed by atoms with van der Waals surface area (Å²) in [6.45, 7) is 22.1. The second-order valence-electron chi connectivity index (χ2n) is 9.51. The lowest BCUT2D eigenvalue weighted by atomic mass is 9.44. The molecule has 1 saturated heterocycles. The second-order valence-corrected chi connectivity index (χ2v) is 9.51. The van der Waals surface area contributed by atoms with E-state index in [0.717, 1.165) is 6.42 Å². The van der Waals surface area contributed by atoms with E-state index in [2.05, 4.69) is 92.5 Å². The third-order valence-corrected chi connectivity index (χ3v) is 8.72. The second kappa shape index (κ2) is 4.18. The molecule has 0 aromatic heterocycles. The summed E-state index contributed by atoms with van der Waals surface area (Å²) in [7, 11) is 2.29. The van der Waals surface area contributed by atoms with Crippen LogP contribution in [0.5, 0.6) is 0 Å². The van der Waals surface area contributed by atoms with Crippen LogP contribution in [0.15, 0.2) is 23.9 Å². The van der Waals surface area contributed by atoms with E-state index in [1.165, 1.54) is 5.70 Å². The molecule has 21 heavy (non-hydrogen) atoms. The minimum atomic E-state index is 0.0997. The van der Waals surface area contributed by atoms with E-state index in [9.17, 15) is 0 Å². The Bertz CT molecular complexity index is 502. The average Bonchev–Trinajstić information content (AvgIpc) is 2.37. The first kappa shape index (κ1) is 16.6. The Kier molecular flexibility index (Phi) is 3.31. The molecule has 120 valence electrons. The third-order valence-electron chi connectivity index (χ3n) is 8.72. The summed E-state index contributed by atoms with van der Waals surface area (Å²) in [5.74, 6) is 0. The van der Waals surface area contributed by atoms with Crippen molar-refractivity contribution in [2.45, 2.75) is 74.3 Å². The molecule has 0 amide bonds. The molecule has 0 N–H and O–H groups in total. The van der Waals surface area contributed by atoms with Crippen LogP contribution in [0.1, 0.15) is 68.7 Å². The van der Waals surface area contributed by atoms with Crippen LogP contribution in [0.2, 0.25) is 0 Å². The van der Waals surface area contributed by atoms with Crippen LogP contribution in [0.4, 0.5) is 0 Å². The van der Waals surface area contributed by atoms with Crippen LogP contribution >= 0.6 is 0 Å². The summed E-state index contributed by atoms with van der Waals surface area (Å²) in [5, 5.41) is 0. The van der Waals surface area contributed by atoms with E-state index in [4.69, 9.17) is 0 Å². The summed E-state index contributed by atoms with van der Waals surface area (Å²) in [4.78, 5) is 2.56. The van der Waals surface area contributed by atoms with Gasteiger partial charge in [-0.15, -0.1) is 0 Å². The Morgan fingerprint density at radius 1 is 0.810 bits per heavy atom. The van der Waals surface area contributed by atoms with Gasteiger partial charge in [-0.25, -0.2) is 0 Å². The highest BCUT2D eigenvalue weighted by Crippen LogP contribution is 2.69. The Morgan fingerprint density at radius 2 is 1.33 bits per heavy atom. The number of allylic oxidation sites excluding steroid dienone is 4. The van der Waals surface area contributed by atoms with Crippen molar-refractivity contribution in [1.29, 1.82) is 0 Å². The predicted molar refractivity (Wildman–Crippen MR) is 93.1 cm³/mol. The van der Waals surface area contributed by atoms with E-state index < -0.39 is 0 Å². The molecule has 1 heteroatoms. The van der Waals surface area contributed by atoms with Gasteiger partial charge in [-0.05, 0) is 42.6 Å². The fraction of sp³-hybridized carbons (Fsp3) is 0.800. The quantitative estimate of drug-likeness (QED) is 0.558. The van der Waals surface area contributed by atoms with Gasteiger partial charge in [-0.3, -0.25) is 0 Å². The maximum atomic E-state index is 2.56. The van der Waals surface area contributed by atoms with Crippen molar-refractivity contribution in [1.82, 2.24) is 4.90 Å². The monoisotopic (exact) mass is 289 g/mol. The molecule has 0 radical (unpaired) electrons. The fourth-order valence-corrected chi connectivity index (χ4v) is 4.76. The highest BCUT2D eigenvalue weighted by Gasteiger charge is 2.65. The molecule has 0 spiro atoms. The smallest absolute Gasteiger partial charge is 0.0396 e. The zero-order valence-corrected chi connectivity index (χ0v) is 15.9. The minimum absolute atomic E-state index is 0.0997. The Labute approximate surface area is 132 Å². The first-order valence-corrected chi connectivity index (χ1v) is 8.36. The molecule has 0 aromatic carbocycles. The van der Waals surface area contributed by atoms with Gasteiger partial charge in [0.25, 0.3) is 0 Å². The Balaban J connectivity index is 2.84. The van der Waals surface area contributed by atoms with E-state index in [-0.39, 0.29) is 27.2 Å². The summed E-state index contributed by atoms with van der Waals surface area (Å²) >= 11 is 0. The maximum absolute atomic E-state index is 2.56. The van der Waals surface area contributed by atoms with E-state index in [1.54, 1.807) is 0 Å². The van der Waals surface area contributed by atoms with Crippen molar-refractivity contribution < 1.29 is 0 Å². The molecular formula is C20H35N. The van der Waals surface area contributed by atoms with Gasteiger partial charge in [-0.2, -0.15) is 0 Å². The summed E-state index contributed by atoms with van der Waals surface area (Å²) in [5.41, 5.74) is 2.35. The van der Waals surface area contributed by atoms with Crippen molar-refractivity contribution >= 4 is 0 Å². The molecule has 1 atom stereocenters. The molecule has 1 unspecified atom stereocenters. The largest absolute Gasteiger partial charge is 0.372 e.